The Morgan fingerprint density at radius 3 is 2.43 bits per heavy atom. The highest BCUT2D eigenvalue weighted by molar-refractivity contribution is 6.30. The highest BCUT2D eigenvalue weighted by atomic mass is 35.5. The number of halogens is 1. The van der Waals surface area contributed by atoms with E-state index >= 15 is 0 Å². The van der Waals surface area contributed by atoms with Crippen LogP contribution in [-0.4, -0.2) is 46.5 Å². The summed E-state index contributed by atoms with van der Waals surface area (Å²) < 4.78 is 2.42. The van der Waals surface area contributed by atoms with Crippen molar-refractivity contribution in [2.45, 2.75) is 52.0 Å². The summed E-state index contributed by atoms with van der Waals surface area (Å²) in [5.74, 6) is 1.09. The Hall–Kier alpha value is -2.01. The number of aromatic nitrogens is 2. The summed E-state index contributed by atoms with van der Waals surface area (Å²) in [7, 11) is 0. The quantitative estimate of drug-likeness (QED) is 0.754. The molecule has 0 N–H and O–H groups in total. The highest BCUT2D eigenvalue weighted by Crippen LogP contribution is 2.32. The molecule has 2 aromatic rings. The van der Waals surface area contributed by atoms with Crippen LogP contribution in [-0.2, 0) is 0 Å². The van der Waals surface area contributed by atoms with Gasteiger partial charge in [0.15, 0.2) is 0 Å². The van der Waals surface area contributed by atoms with Crippen LogP contribution >= 0.6 is 11.6 Å². The summed E-state index contributed by atoms with van der Waals surface area (Å²) in [4.78, 5) is 21.8. The van der Waals surface area contributed by atoms with Crippen LogP contribution in [0, 0.1) is 13.8 Å². The van der Waals surface area contributed by atoms with Crippen molar-refractivity contribution in [1.82, 2.24) is 14.5 Å². The maximum atomic E-state index is 13.2. The molecule has 0 unspecified atom stereocenters. The minimum absolute atomic E-state index is 0.166. The molecule has 2 aliphatic rings. The Bertz CT molecular complexity index is 831. The van der Waals surface area contributed by atoms with Crippen LogP contribution in [0.2, 0.25) is 5.02 Å². The van der Waals surface area contributed by atoms with Crippen molar-refractivity contribution in [2.24, 2.45) is 0 Å². The number of carbonyl (C=O) groups is 1. The van der Waals surface area contributed by atoms with Gasteiger partial charge in [0.05, 0.1) is 10.6 Å². The van der Waals surface area contributed by atoms with E-state index < -0.39 is 0 Å². The van der Waals surface area contributed by atoms with E-state index in [2.05, 4.69) is 34.4 Å². The summed E-state index contributed by atoms with van der Waals surface area (Å²) in [5, 5.41) is 0.644. The third-order valence-electron chi connectivity index (χ3n) is 6.26. The molecule has 1 aliphatic heterocycles. The maximum Gasteiger partial charge on any atom is 0.255 e. The van der Waals surface area contributed by atoms with Gasteiger partial charge in [0, 0.05) is 49.8 Å². The van der Waals surface area contributed by atoms with Gasteiger partial charge in [-0.15, -0.1) is 0 Å². The van der Waals surface area contributed by atoms with Crippen LogP contribution in [0.5, 0.6) is 0 Å². The first kappa shape index (κ1) is 19.3. The van der Waals surface area contributed by atoms with E-state index in [1.165, 1.54) is 37.8 Å². The highest BCUT2D eigenvalue weighted by Gasteiger charge is 2.27. The molecule has 0 atom stereocenters. The number of nitrogens with zero attached hydrogens (tertiary/aromatic N) is 4. The van der Waals surface area contributed by atoms with Gasteiger partial charge in [0.25, 0.3) is 5.91 Å². The van der Waals surface area contributed by atoms with Crippen molar-refractivity contribution in [3.63, 3.8) is 0 Å². The van der Waals surface area contributed by atoms with Gasteiger partial charge in [-0.3, -0.25) is 4.79 Å². The predicted molar refractivity (Wildman–Crippen MR) is 113 cm³/mol. The summed E-state index contributed by atoms with van der Waals surface area (Å²) in [6.45, 7) is 7.28. The maximum absolute atomic E-state index is 13.2. The summed E-state index contributed by atoms with van der Waals surface area (Å²) >= 11 is 5.93. The molecular weight excluding hydrogens is 372 g/mol. The molecular formula is C22H29ClN4O. The average molecular weight is 401 g/mol. The van der Waals surface area contributed by atoms with E-state index in [0.717, 1.165) is 43.3 Å². The molecule has 1 saturated carbocycles. The van der Waals surface area contributed by atoms with Crippen LogP contribution in [0.15, 0.2) is 24.4 Å². The summed E-state index contributed by atoms with van der Waals surface area (Å²) in [6, 6.07) is 6.46. The second kappa shape index (κ2) is 8.16. The molecule has 2 fully saturated rings. The smallest absolute Gasteiger partial charge is 0.255 e. The van der Waals surface area contributed by atoms with E-state index in [-0.39, 0.29) is 5.91 Å². The fourth-order valence-corrected chi connectivity index (χ4v) is 4.87. The number of hydrogen-bond donors (Lipinski definition) is 0. The SMILES string of the molecule is Cc1cc(C(=O)N2CCN(c3ccc(Cl)cn3)CC2)c(C)n1C1CCCCC1. The Morgan fingerprint density at radius 2 is 1.79 bits per heavy atom. The lowest BCUT2D eigenvalue weighted by molar-refractivity contribution is 0.0745. The molecule has 0 radical (unpaired) electrons. The molecule has 1 amide bonds. The van der Waals surface area contributed by atoms with Gasteiger partial charge in [-0.2, -0.15) is 0 Å². The number of anilines is 1. The second-order valence-electron chi connectivity index (χ2n) is 8.06. The van der Waals surface area contributed by atoms with Crippen LogP contribution in [0.25, 0.3) is 0 Å². The lowest BCUT2D eigenvalue weighted by Crippen LogP contribution is -2.49. The molecule has 5 nitrogen and oxygen atoms in total. The topological polar surface area (TPSA) is 41.4 Å². The first-order valence-corrected chi connectivity index (χ1v) is 10.8. The van der Waals surface area contributed by atoms with Crippen molar-refractivity contribution in [1.29, 1.82) is 0 Å². The molecule has 0 bridgehead atoms. The Kier molecular flexibility index (Phi) is 5.63. The van der Waals surface area contributed by atoms with Crippen molar-refractivity contribution in [2.75, 3.05) is 31.1 Å². The molecule has 0 spiro atoms. The van der Waals surface area contributed by atoms with E-state index in [0.29, 0.717) is 11.1 Å². The van der Waals surface area contributed by atoms with Gasteiger partial charge in [-0.25, -0.2) is 4.98 Å². The zero-order valence-corrected chi connectivity index (χ0v) is 17.6. The van der Waals surface area contributed by atoms with E-state index in [4.69, 9.17) is 11.6 Å². The molecule has 1 saturated heterocycles. The summed E-state index contributed by atoms with van der Waals surface area (Å²) in [6.07, 6.45) is 8.08. The van der Waals surface area contributed by atoms with Crippen LogP contribution in [0.3, 0.4) is 0 Å². The largest absolute Gasteiger partial charge is 0.353 e. The Labute approximate surface area is 172 Å². The standard InChI is InChI=1S/C22H29ClN4O/c1-16-14-20(17(2)27(16)19-6-4-3-5-7-19)22(28)26-12-10-25(11-13-26)21-9-8-18(23)15-24-21/h8-9,14-15,19H,3-7,10-13H2,1-2H3. The van der Waals surface area contributed by atoms with Crippen molar-refractivity contribution in [3.8, 4) is 0 Å². The van der Waals surface area contributed by atoms with Gasteiger partial charge in [0.1, 0.15) is 5.82 Å². The van der Waals surface area contributed by atoms with Crippen LogP contribution in [0.4, 0.5) is 5.82 Å². The van der Waals surface area contributed by atoms with Gasteiger partial charge >= 0.3 is 0 Å². The molecule has 6 heteroatoms. The predicted octanol–water partition coefficient (Wildman–Crippen LogP) is 4.62. The first-order valence-electron chi connectivity index (χ1n) is 10.4. The minimum Gasteiger partial charge on any atom is -0.353 e. The van der Waals surface area contributed by atoms with E-state index in [1.54, 1.807) is 6.20 Å². The number of aryl methyl sites for hydroxylation is 1. The Morgan fingerprint density at radius 1 is 1.07 bits per heavy atom. The molecule has 150 valence electrons. The average Bonchev–Trinajstić information content (AvgIpc) is 3.03. The fourth-order valence-electron chi connectivity index (χ4n) is 4.76. The fraction of sp³-hybridized carbons (Fsp3) is 0.545. The van der Waals surface area contributed by atoms with E-state index in [1.807, 2.05) is 17.0 Å². The zero-order chi connectivity index (χ0) is 19.7. The number of piperazine rings is 1. The molecule has 3 heterocycles. The van der Waals surface area contributed by atoms with Crippen LogP contribution < -0.4 is 4.90 Å². The number of rotatable bonds is 3. The van der Waals surface area contributed by atoms with E-state index in [9.17, 15) is 4.79 Å². The van der Waals surface area contributed by atoms with Gasteiger partial charge in [-0.1, -0.05) is 30.9 Å². The molecule has 1 aliphatic carbocycles. The second-order valence-corrected chi connectivity index (χ2v) is 8.50. The number of amides is 1. The first-order chi connectivity index (χ1) is 13.5. The van der Waals surface area contributed by atoms with Crippen molar-refractivity contribution >= 4 is 23.3 Å². The number of carbonyl (C=O) groups excluding carboxylic acids is 1. The molecule has 0 aromatic carbocycles. The third kappa shape index (κ3) is 3.77. The van der Waals surface area contributed by atoms with Crippen molar-refractivity contribution in [3.05, 3.63) is 46.4 Å². The zero-order valence-electron chi connectivity index (χ0n) is 16.8. The van der Waals surface area contributed by atoms with Gasteiger partial charge in [-0.05, 0) is 44.9 Å². The van der Waals surface area contributed by atoms with Crippen molar-refractivity contribution < 1.29 is 4.79 Å². The molecule has 28 heavy (non-hydrogen) atoms. The number of hydrogen-bond acceptors (Lipinski definition) is 3. The Balaban J connectivity index is 1.45. The minimum atomic E-state index is 0.166. The number of pyridine rings is 1. The third-order valence-corrected chi connectivity index (χ3v) is 6.48. The lowest BCUT2D eigenvalue weighted by Gasteiger charge is -2.35. The normalized spacial score (nSPS) is 18.5. The van der Waals surface area contributed by atoms with Crippen LogP contribution in [0.1, 0.15) is 59.9 Å². The van der Waals surface area contributed by atoms with Gasteiger partial charge in [0.2, 0.25) is 0 Å². The van der Waals surface area contributed by atoms with Gasteiger partial charge < -0.3 is 14.4 Å². The molecule has 2 aromatic heterocycles. The lowest BCUT2D eigenvalue weighted by atomic mass is 9.95. The monoisotopic (exact) mass is 400 g/mol. The summed E-state index contributed by atoms with van der Waals surface area (Å²) in [5.41, 5.74) is 3.23. The molecule has 4 rings (SSSR count).